The van der Waals surface area contributed by atoms with Crippen LogP contribution in [0, 0.1) is 0 Å². The van der Waals surface area contributed by atoms with E-state index in [1.54, 1.807) is 0 Å². The normalized spacial score (nSPS) is 11.9. The molecule has 0 heterocycles. The summed E-state index contributed by atoms with van der Waals surface area (Å²) in [5, 5.41) is 0. The Bertz CT molecular complexity index is 167. The van der Waals surface area contributed by atoms with Gasteiger partial charge in [0.2, 0.25) is 0 Å². The molecule has 0 amide bonds. The Balaban J connectivity index is 3.32. The lowest BCUT2D eigenvalue weighted by Crippen LogP contribution is -2.29. The number of rotatable bonds is 4. The zero-order valence-electron chi connectivity index (χ0n) is 7.20. The molecule has 0 saturated heterocycles. The molecule has 0 saturated carbocycles. The molecule has 0 aromatic rings. The van der Waals surface area contributed by atoms with Crippen molar-refractivity contribution >= 4 is 11.9 Å². The fourth-order valence-electron chi connectivity index (χ4n) is 0.459. The molecule has 0 rings (SSSR count). The van der Waals surface area contributed by atoms with Crippen LogP contribution in [0.4, 0.5) is 0 Å². The largest absolute Gasteiger partial charge is 0.462 e. The Labute approximate surface area is 70.8 Å². The molecule has 5 heteroatoms. The van der Waals surface area contributed by atoms with E-state index in [2.05, 4.69) is 9.47 Å². The molecule has 0 aromatic carbocycles. The highest BCUT2D eigenvalue weighted by Gasteiger charge is 2.07. The number of ether oxygens (including phenoxy) is 2. The van der Waals surface area contributed by atoms with Gasteiger partial charge in [-0.2, -0.15) is 0 Å². The number of hydrogen-bond donors (Lipinski definition) is 1. The van der Waals surface area contributed by atoms with Crippen LogP contribution < -0.4 is 5.73 Å². The van der Waals surface area contributed by atoms with Gasteiger partial charge < -0.3 is 15.2 Å². The summed E-state index contributed by atoms with van der Waals surface area (Å²) < 4.78 is 9.13. The second-order valence-corrected chi connectivity index (χ2v) is 2.30. The molecule has 70 valence electrons. The summed E-state index contributed by atoms with van der Waals surface area (Å²) in [4.78, 5) is 20.9. The Morgan fingerprint density at radius 1 is 1.33 bits per heavy atom. The highest BCUT2D eigenvalue weighted by Crippen LogP contribution is 1.84. The van der Waals surface area contributed by atoms with Gasteiger partial charge in [0.05, 0.1) is 0 Å². The average molecular weight is 175 g/mol. The van der Waals surface area contributed by atoms with Crippen LogP contribution in [0.3, 0.4) is 0 Å². The lowest BCUT2D eigenvalue weighted by Gasteiger charge is -2.06. The van der Waals surface area contributed by atoms with Crippen LogP contribution in [0.25, 0.3) is 0 Å². The first-order chi connectivity index (χ1) is 5.54. The van der Waals surface area contributed by atoms with Crippen molar-refractivity contribution in [1.82, 2.24) is 0 Å². The maximum absolute atomic E-state index is 10.7. The predicted octanol–water partition coefficient (Wildman–Crippen LogP) is -0.560. The topological polar surface area (TPSA) is 78.6 Å². The van der Waals surface area contributed by atoms with Crippen molar-refractivity contribution in [2.45, 2.75) is 19.9 Å². The van der Waals surface area contributed by atoms with Crippen molar-refractivity contribution in [1.29, 1.82) is 0 Å². The van der Waals surface area contributed by atoms with Gasteiger partial charge in [-0.3, -0.25) is 9.59 Å². The van der Waals surface area contributed by atoms with Gasteiger partial charge in [0.15, 0.2) is 0 Å². The summed E-state index contributed by atoms with van der Waals surface area (Å²) in [7, 11) is 0. The Morgan fingerprint density at radius 3 is 2.25 bits per heavy atom. The summed E-state index contributed by atoms with van der Waals surface area (Å²) in [5.41, 5.74) is 5.20. The maximum Gasteiger partial charge on any atom is 0.322 e. The highest BCUT2D eigenvalue weighted by molar-refractivity contribution is 5.74. The first kappa shape index (κ1) is 10.9. The van der Waals surface area contributed by atoms with E-state index in [0.29, 0.717) is 0 Å². The van der Waals surface area contributed by atoms with Crippen LogP contribution in [0.2, 0.25) is 0 Å². The van der Waals surface area contributed by atoms with Crippen molar-refractivity contribution in [2.75, 3.05) is 13.2 Å². The molecular formula is C7H13NO4. The Hall–Kier alpha value is -1.10. The molecule has 0 aliphatic carbocycles. The zero-order chi connectivity index (χ0) is 9.56. The average Bonchev–Trinajstić information content (AvgIpc) is 1.97. The molecule has 5 nitrogen and oxygen atoms in total. The van der Waals surface area contributed by atoms with Gasteiger partial charge in [0, 0.05) is 6.92 Å². The second kappa shape index (κ2) is 5.54. The van der Waals surface area contributed by atoms with E-state index >= 15 is 0 Å². The smallest absolute Gasteiger partial charge is 0.322 e. The molecule has 12 heavy (non-hydrogen) atoms. The number of hydrogen-bond acceptors (Lipinski definition) is 5. The van der Waals surface area contributed by atoms with Crippen molar-refractivity contribution < 1.29 is 19.1 Å². The number of esters is 2. The van der Waals surface area contributed by atoms with Gasteiger partial charge in [-0.05, 0) is 6.92 Å². The maximum atomic E-state index is 10.7. The quantitative estimate of drug-likeness (QED) is 0.457. The predicted molar refractivity (Wildman–Crippen MR) is 41.2 cm³/mol. The standard InChI is InChI=1S/C7H13NO4/c1-5(8)7(10)12-4-3-11-6(2)9/h5H,3-4,8H2,1-2H3. The first-order valence-electron chi connectivity index (χ1n) is 3.59. The van der Waals surface area contributed by atoms with Crippen molar-refractivity contribution in [3.05, 3.63) is 0 Å². The minimum Gasteiger partial charge on any atom is -0.462 e. The van der Waals surface area contributed by atoms with Gasteiger partial charge in [-0.25, -0.2) is 0 Å². The SMILES string of the molecule is CC(=O)OCCOC(=O)C(C)N. The molecule has 0 aliphatic heterocycles. The minimum atomic E-state index is -0.637. The Morgan fingerprint density at radius 2 is 1.83 bits per heavy atom. The van der Waals surface area contributed by atoms with Crippen LogP contribution in [0.15, 0.2) is 0 Å². The zero-order valence-corrected chi connectivity index (χ0v) is 7.20. The number of nitrogens with two attached hydrogens (primary N) is 1. The molecule has 0 aliphatic rings. The van der Waals surface area contributed by atoms with Crippen LogP contribution in [0.5, 0.6) is 0 Å². The monoisotopic (exact) mass is 175 g/mol. The van der Waals surface area contributed by atoms with Gasteiger partial charge in [0.25, 0.3) is 0 Å². The lowest BCUT2D eigenvalue weighted by molar-refractivity contribution is -0.151. The van der Waals surface area contributed by atoms with Crippen molar-refractivity contribution in [3.63, 3.8) is 0 Å². The summed E-state index contributed by atoms with van der Waals surface area (Å²) in [5.74, 6) is -0.894. The molecule has 0 radical (unpaired) electrons. The fraction of sp³-hybridized carbons (Fsp3) is 0.714. The van der Waals surface area contributed by atoms with E-state index in [0.717, 1.165) is 0 Å². The minimum absolute atomic E-state index is 0.0555. The van der Waals surface area contributed by atoms with E-state index in [-0.39, 0.29) is 13.2 Å². The van der Waals surface area contributed by atoms with E-state index in [4.69, 9.17) is 5.73 Å². The van der Waals surface area contributed by atoms with E-state index in [9.17, 15) is 9.59 Å². The summed E-state index contributed by atoms with van der Waals surface area (Å²) in [6.45, 7) is 2.94. The number of carbonyl (C=O) groups excluding carboxylic acids is 2. The van der Waals surface area contributed by atoms with Gasteiger partial charge in [0.1, 0.15) is 19.3 Å². The number of carbonyl (C=O) groups is 2. The first-order valence-corrected chi connectivity index (χ1v) is 3.59. The lowest BCUT2D eigenvalue weighted by atomic mass is 10.4. The highest BCUT2D eigenvalue weighted by atomic mass is 16.6. The molecular weight excluding hydrogens is 162 g/mol. The van der Waals surface area contributed by atoms with E-state index in [1.165, 1.54) is 13.8 Å². The molecule has 0 spiro atoms. The molecule has 1 unspecified atom stereocenters. The summed E-state index contributed by atoms with van der Waals surface area (Å²) in [6.07, 6.45) is 0. The van der Waals surface area contributed by atoms with Crippen LogP contribution in [0.1, 0.15) is 13.8 Å². The molecule has 0 bridgehead atoms. The van der Waals surface area contributed by atoms with Crippen molar-refractivity contribution in [2.24, 2.45) is 5.73 Å². The van der Waals surface area contributed by atoms with E-state index in [1.807, 2.05) is 0 Å². The Kier molecular flexibility index (Phi) is 5.03. The summed E-state index contributed by atoms with van der Waals surface area (Å²) >= 11 is 0. The van der Waals surface area contributed by atoms with Gasteiger partial charge in [-0.15, -0.1) is 0 Å². The van der Waals surface area contributed by atoms with E-state index < -0.39 is 18.0 Å². The van der Waals surface area contributed by atoms with Crippen LogP contribution in [-0.4, -0.2) is 31.2 Å². The third-order valence-corrected chi connectivity index (χ3v) is 1.00. The molecule has 2 N–H and O–H groups in total. The molecule has 0 aromatic heterocycles. The fourth-order valence-corrected chi connectivity index (χ4v) is 0.459. The van der Waals surface area contributed by atoms with Crippen LogP contribution >= 0.6 is 0 Å². The van der Waals surface area contributed by atoms with Gasteiger partial charge >= 0.3 is 11.9 Å². The van der Waals surface area contributed by atoms with Gasteiger partial charge in [-0.1, -0.05) is 0 Å². The van der Waals surface area contributed by atoms with Crippen LogP contribution in [-0.2, 0) is 19.1 Å². The third-order valence-electron chi connectivity index (χ3n) is 1.00. The van der Waals surface area contributed by atoms with Crippen molar-refractivity contribution in [3.8, 4) is 0 Å². The summed E-state index contributed by atoms with van der Waals surface area (Å²) in [6, 6.07) is -0.637. The second-order valence-electron chi connectivity index (χ2n) is 2.30. The molecule has 1 atom stereocenters. The third kappa shape index (κ3) is 5.67. The molecule has 0 fully saturated rings.